The minimum atomic E-state index is -3.17. The Kier molecular flexibility index (Phi) is 31.2. The smallest absolute Gasteiger partial charge is 0.308 e. The number of unbranched alkanes of at least 4 members (excludes halogenated alkanes) is 22. The zero-order chi connectivity index (χ0) is 29.4. The third-order valence-corrected chi connectivity index (χ3v) is 9.62. The summed E-state index contributed by atoms with van der Waals surface area (Å²) in [6, 6.07) is 0. The van der Waals surface area contributed by atoms with Gasteiger partial charge in [0.15, 0.2) is 0 Å². The van der Waals surface area contributed by atoms with Crippen LogP contribution >= 0.6 is 7.60 Å². The zero-order valence-corrected chi connectivity index (χ0v) is 28.1. The van der Waals surface area contributed by atoms with Gasteiger partial charge in [0.25, 0.3) is 0 Å². The Morgan fingerprint density at radius 1 is 0.500 bits per heavy atom. The molecule has 0 heterocycles. The lowest BCUT2D eigenvalue weighted by Gasteiger charge is -2.25. The van der Waals surface area contributed by atoms with Gasteiger partial charge in [-0.15, -0.1) is 13.2 Å². The van der Waals surface area contributed by atoms with Crippen molar-refractivity contribution in [3.05, 3.63) is 25.3 Å². The second-order valence-corrected chi connectivity index (χ2v) is 13.8. The lowest BCUT2D eigenvalue weighted by atomic mass is 10.1. The maximum Gasteiger partial charge on any atom is 0.344 e. The maximum atomic E-state index is 13.6. The van der Waals surface area contributed by atoms with Crippen LogP contribution < -0.4 is 0 Å². The van der Waals surface area contributed by atoms with Gasteiger partial charge in [0.1, 0.15) is 6.29 Å². The van der Waals surface area contributed by atoms with Gasteiger partial charge < -0.3 is 9.05 Å². The van der Waals surface area contributed by atoms with Gasteiger partial charge in [0.05, 0.1) is 13.2 Å². The Labute approximate surface area is 251 Å². The van der Waals surface area contributed by atoms with Gasteiger partial charge in [-0.25, -0.2) is 0 Å². The van der Waals surface area contributed by atoms with Gasteiger partial charge in [-0.2, -0.15) is 0 Å². The minimum Gasteiger partial charge on any atom is -0.308 e. The molecule has 4 nitrogen and oxygen atoms in total. The topological polar surface area (TPSA) is 38.8 Å². The van der Waals surface area contributed by atoms with Crippen molar-refractivity contribution in [2.45, 2.75) is 168 Å². The summed E-state index contributed by atoms with van der Waals surface area (Å²) in [5.41, 5.74) is 0. The number of rotatable bonds is 34. The van der Waals surface area contributed by atoms with Gasteiger partial charge in [-0.05, 0) is 12.8 Å². The molecule has 0 aliphatic rings. The average molecular weight is 584 g/mol. The third-order valence-electron chi connectivity index (χ3n) is 7.72. The van der Waals surface area contributed by atoms with Crippen LogP contribution in [-0.2, 0) is 13.6 Å². The summed E-state index contributed by atoms with van der Waals surface area (Å²) in [7, 11) is -3.17. The molecule has 0 aliphatic heterocycles. The first-order valence-electron chi connectivity index (χ1n) is 17.4. The molecule has 0 amide bonds. The molecule has 5 heteroatoms. The molecule has 0 spiro atoms. The molecule has 40 heavy (non-hydrogen) atoms. The van der Waals surface area contributed by atoms with E-state index in [1.165, 1.54) is 128 Å². The highest BCUT2D eigenvalue weighted by Gasteiger charge is 2.27. The molecule has 0 atom stereocenters. The van der Waals surface area contributed by atoms with Crippen LogP contribution in [0.15, 0.2) is 25.3 Å². The first-order valence-corrected chi connectivity index (χ1v) is 19.2. The first-order chi connectivity index (χ1) is 19.6. The lowest BCUT2D eigenvalue weighted by Crippen LogP contribution is -2.26. The van der Waals surface area contributed by atoms with Gasteiger partial charge in [0, 0.05) is 13.1 Å². The van der Waals surface area contributed by atoms with Crippen molar-refractivity contribution in [2.75, 3.05) is 32.6 Å². The highest BCUT2D eigenvalue weighted by atomic mass is 31.2. The van der Waals surface area contributed by atoms with Crippen molar-refractivity contribution in [3.8, 4) is 0 Å². The number of hydrogen-bond donors (Lipinski definition) is 0. The predicted octanol–water partition coefficient (Wildman–Crippen LogP) is 12.2. The largest absolute Gasteiger partial charge is 0.344 e. The van der Waals surface area contributed by atoms with Gasteiger partial charge in [-0.3, -0.25) is 9.46 Å². The van der Waals surface area contributed by atoms with Crippen molar-refractivity contribution in [1.29, 1.82) is 0 Å². The molecule has 0 unspecified atom stereocenters. The summed E-state index contributed by atoms with van der Waals surface area (Å²) >= 11 is 0. The van der Waals surface area contributed by atoms with E-state index in [4.69, 9.17) is 9.05 Å². The number of hydrogen-bond acceptors (Lipinski definition) is 4. The van der Waals surface area contributed by atoms with Crippen molar-refractivity contribution >= 4 is 7.60 Å². The van der Waals surface area contributed by atoms with E-state index in [0.29, 0.717) is 32.6 Å². The van der Waals surface area contributed by atoms with E-state index in [1.54, 1.807) is 0 Å². The van der Waals surface area contributed by atoms with Crippen LogP contribution in [0.1, 0.15) is 168 Å². The molecule has 0 aromatic heterocycles. The third kappa shape index (κ3) is 27.7. The SMILES string of the molecule is C=CCN(CC=C)CP(=O)(OCCCCCCCCCCCCCC)OCCCCCCCCCCCCCC. The molecule has 0 bridgehead atoms. The van der Waals surface area contributed by atoms with E-state index >= 15 is 0 Å². The Balaban J connectivity index is 4.10. The predicted molar refractivity (Wildman–Crippen MR) is 179 cm³/mol. The van der Waals surface area contributed by atoms with E-state index in [0.717, 1.165) is 25.7 Å². The Hall–Kier alpha value is -0.410. The Bertz CT molecular complexity index is 539. The van der Waals surface area contributed by atoms with E-state index < -0.39 is 7.60 Å². The quantitative estimate of drug-likeness (QED) is 0.0429. The fourth-order valence-corrected chi connectivity index (χ4v) is 6.99. The number of nitrogens with zero attached hydrogens (tertiary/aromatic N) is 1. The standard InChI is InChI=1S/C35H70NO3P/c1-5-9-11-13-15-17-19-21-23-25-27-29-33-38-40(37,35-36(31-7-3)32-8-4)39-34-30-28-26-24-22-20-18-16-14-12-10-6-2/h7-8H,3-6,9-35H2,1-2H3. The molecular formula is C35H70NO3P. The minimum absolute atomic E-state index is 0.307. The monoisotopic (exact) mass is 584 g/mol. The molecule has 238 valence electrons. The van der Waals surface area contributed by atoms with Crippen LogP contribution in [0, 0.1) is 0 Å². The highest BCUT2D eigenvalue weighted by Crippen LogP contribution is 2.49. The molecule has 0 aromatic rings. The maximum absolute atomic E-state index is 13.6. The highest BCUT2D eigenvalue weighted by molar-refractivity contribution is 7.53. The normalized spacial score (nSPS) is 11.9. The molecule has 0 aromatic carbocycles. The molecule has 0 N–H and O–H groups in total. The fourth-order valence-electron chi connectivity index (χ4n) is 5.21. The van der Waals surface area contributed by atoms with E-state index in [2.05, 4.69) is 27.0 Å². The van der Waals surface area contributed by atoms with Crippen LogP contribution in [0.25, 0.3) is 0 Å². The second-order valence-electron chi connectivity index (χ2n) is 11.8. The summed E-state index contributed by atoms with van der Waals surface area (Å²) in [6.45, 7) is 14.6. The van der Waals surface area contributed by atoms with Crippen LogP contribution in [0.3, 0.4) is 0 Å². The van der Waals surface area contributed by atoms with Crippen molar-refractivity contribution in [3.63, 3.8) is 0 Å². The Morgan fingerprint density at radius 3 is 1.05 bits per heavy atom. The van der Waals surface area contributed by atoms with Crippen LogP contribution in [-0.4, -0.2) is 37.5 Å². The lowest BCUT2D eigenvalue weighted by molar-refractivity contribution is 0.183. The van der Waals surface area contributed by atoms with Crippen LogP contribution in [0.4, 0.5) is 0 Å². The van der Waals surface area contributed by atoms with Crippen molar-refractivity contribution < 1.29 is 13.6 Å². The van der Waals surface area contributed by atoms with E-state index in [-0.39, 0.29) is 0 Å². The second kappa shape index (κ2) is 31.5. The molecule has 0 rings (SSSR count). The Morgan fingerprint density at radius 2 is 0.775 bits per heavy atom. The van der Waals surface area contributed by atoms with Gasteiger partial charge in [0.2, 0.25) is 0 Å². The zero-order valence-electron chi connectivity index (χ0n) is 27.2. The van der Waals surface area contributed by atoms with Gasteiger partial charge >= 0.3 is 7.60 Å². The van der Waals surface area contributed by atoms with Gasteiger partial charge in [-0.1, -0.05) is 167 Å². The van der Waals surface area contributed by atoms with Crippen LogP contribution in [0.2, 0.25) is 0 Å². The van der Waals surface area contributed by atoms with Crippen molar-refractivity contribution in [2.24, 2.45) is 0 Å². The van der Waals surface area contributed by atoms with E-state index in [9.17, 15) is 4.57 Å². The van der Waals surface area contributed by atoms with Crippen LogP contribution in [0.5, 0.6) is 0 Å². The first kappa shape index (κ1) is 39.6. The molecule has 0 radical (unpaired) electrons. The summed E-state index contributed by atoms with van der Waals surface area (Å²) in [6.07, 6.45) is 35.3. The summed E-state index contributed by atoms with van der Waals surface area (Å²) in [4.78, 5) is 2.05. The molecule has 0 saturated heterocycles. The van der Waals surface area contributed by atoms with E-state index in [1.807, 2.05) is 17.1 Å². The van der Waals surface area contributed by atoms with Crippen molar-refractivity contribution in [1.82, 2.24) is 4.90 Å². The molecular weight excluding hydrogens is 513 g/mol. The molecule has 0 fully saturated rings. The summed E-state index contributed by atoms with van der Waals surface area (Å²) in [5, 5.41) is 0. The summed E-state index contributed by atoms with van der Waals surface area (Å²) < 4.78 is 25.6. The molecule has 0 aliphatic carbocycles. The fraction of sp³-hybridized carbons (Fsp3) is 0.886. The molecule has 0 saturated carbocycles. The summed E-state index contributed by atoms with van der Waals surface area (Å²) in [5.74, 6) is 0. The average Bonchev–Trinajstić information content (AvgIpc) is 2.94.